The molecule has 0 aliphatic rings. The Morgan fingerprint density at radius 3 is 2.68 bits per heavy atom. The molecule has 0 atom stereocenters. The third-order valence-electron chi connectivity index (χ3n) is 3.59. The molecule has 7 heteroatoms. The van der Waals surface area contributed by atoms with Crippen LogP contribution in [0, 0.1) is 10.1 Å². The molecule has 3 aromatic carbocycles. The Hall–Kier alpha value is -3.48. The molecule has 0 radical (unpaired) electrons. The Morgan fingerprint density at radius 2 is 1.92 bits per heavy atom. The van der Waals surface area contributed by atoms with Crippen LogP contribution in [0.15, 0.2) is 64.8 Å². The lowest BCUT2D eigenvalue weighted by Crippen LogP contribution is -1.94. The summed E-state index contributed by atoms with van der Waals surface area (Å²) in [5, 5.41) is 30.9. The van der Waals surface area contributed by atoms with Crippen molar-refractivity contribution in [2.75, 3.05) is 6.61 Å². The lowest BCUT2D eigenvalue weighted by atomic mass is 10.1. The molecule has 0 fully saturated rings. The van der Waals surface area contributed by atoms with Gasteiger partial charge in [0.1, 0.15) is 17.1 Å². The standard InChI is InChI=1S/C18H15N3O4/c1-2-25-17-11-13(21(23)24)8-9-15(17)19-20-18-14-6-4-3-5-12(14)7-10-16(18)22/h3-11,22H,2H2,1H3. The highest BCUT2D eigenvalue weighted by Crippen LogP contribution is 2.38. The average Bonchev–Trinajstić information content (AvgIpc) is 2.62. The minimum atomic E-state index is -0.500. The molecule has 7 nitrogen and oxygen atoms in total. The Balaban J connectivity index is 2.05. The van der Waals surface area contributed by atoms with Gasteiger partial charge < -0.3 is 9.84 Å². The Kier molecular flexibility index (Phi) is 4.56. The number of phenols is 1. The van der Waals surface area contributed by atoms with Crippen molar-refractivity contribution in [3.05, 3.63) is 64.7 Å². The van der Waals surface area contributed by atoms with Crippen LogP contribution in [0.3, 0.4) is 0 Å². The van der Waals surface area contributed by atoms with Gasteiger partial charge in [-0.2, -0.15) is 0 Å². The SMILES string of the molecule is CCOc1cc([N+](=O)[O-])ccc1N=Nc1c(O)ccc2ccccc12. The summed E-state index contributed by atoms with van der Waals surface area (Å²) in [4.78, 5) is 10.4. The van der Waals surface area contributed by atoms with Crippen molar-refractivity contribution < 1.29 is 14.8 Å². The molecule has 25 heavy (non-hydrogen) atoms. The highest BCUT2D eigenvalue weighted by Gasteiger charge is 2.12. The van der Waals surface area contributed by atoms with Crippen LogP contribution in [0.1, 0.15) is 6.92 Å². The second-order valence-corrected chi connectivity index (χ2v) is 5.20. The normalized spacial score (nSPS) is 11.1. The number of non-ortho nitro benzene ring substituents is 1. The monoisotopic (exact) mass is 337 g/mol. The van der Waals surface area contributed by atoms with E-state index in [0.29, 0.717) is 18.0 Å². The van der Waals surface area contributed by atoms with E-state index in [2.05, 4.69) is 10.2 Å². The quantitative estimate of drug-likeness (QED) is 0.389. The number of rotatable bonds is 5. The average molecular weight is 337 g/mol. The van der Waals surface area contributed by atoms with Crippen molar-refractivity contribution in [2.45, 2.75) is 6.92 Å². The van der Waals surface area contributed by atoms with Gasteiger partial charge in [0.25, 0.3) is 5.69 Å². The zero-order valence-electron chi connectivity index (χ0n) is 13.4. The summed E-state index contributed by atoms with van der Waals surface area (Å²) >= 11 is 0. The van der Waals surface area contributed by atoms with Gasteiger partial charge in [0, 0.05) is 11.5 Å². The van der Waals surface area contributed by atoms with Gasteiger partial charge >= 0.3 is 0 Å². The smallest absolute Gasteiger partial charge is 0.273 e. The van der Waals surface area contributed by atoms with E-state index in [1.165, 1.54) is 18.2 Å². The molecule has 0 aliphatic carbocycles. The molecule has 0 unspecified atom stereocenters. The van der Waals surface area contributed by atoms with Crippen LogP contribution < -0.4 is 4.74 Å². The van der Waals surface area contributed by atoms with E-state index in [4.69, 9.17) is 4.74 Å². The maximum atomic E-state index is 10.9. The predicted octanol–water partition coefficient (Wildman–Crippen LogP) is 5.27. The summed E-state index contributed by atoms with van der Waals surface area (Å²) in [6, 6.07) is 14.9. The van der Waals surface area contributed by atoms with Crippen LogP contribution in [0.4, 0.5) is 17.1 Å². The minimum Gasteiger partial charge on any atom is -0.506 e. The maximum Gasteiger partial charge on any atom is 0.273 e. The van der Waals surface area contributed by atoms with Crippen LogP contribution in [0.5, 0.6) is 11.5 Å². The Labute approximate surface area is 143 Å². The van der Waals surface area contributed by atoms with Crippen molar-refractivity contribution >= 4 is 27.8 Å². The molecule has 0 aliphatic heterocycles. The molecular formula is C18H15N3O4. The zero-order chi connectivity index (χ0) is 17.8. The number of azo groups is 1. The molecule has 0 heterocycles. The third kappa shape index (κ3) is 3.40. The molecule has 126 valence electrons. The Bertz CT molecular complexity index is 970. The first-order valence-electron chi connectivity index (χ1n) is 7.64. The van der Waals surface area contributed by atoms with Gasteiger partial charge in [0.15, 0.2) is 5.75 Å². The van der Waals surface area contributed by atoms with E-state index in [1.807, 2.05) is 24.3 Å². The van der Waals surface area contributed by atoms with Crippen molar-refractivity contribution in [1.29, 1.82) is 0 Å². The van der Waals surface area contributed by atoms with Gasteiger partial charge in [-0.15, -0.1) is 10.2 Å². The fourth-order valence-corrected chi connectivity index (χ4v) is 2.42. The van der Waals surface area contributed by atoms with E-state index >= 15 is 0 Å². The summed E-state index contributed by atoms with van der Waals surface area (Å²) in [6.45, 7) is 2.11. The van der Waals surface area contributed by atoms with Gasteiger partial charge in [-0.05, 0) is 24.4 Å². The Morgan fingerprint density at radius 1 is 1.12 bits per heavy atom. The van der Waals surface area contributed by atoms with E-state index in [1.54, 1.807) is 19.1 Å². The molecule has 1 N–H and O–H groups in total. The van der Waals surface area contributed by atoms with E-state index in [-0.39, 0.29) is 17.2 Å². The number of hydrogen-bond donors (Lipinski definition) is 1. The highest BCUT2D eigenvalue weighted by molar-refractivity contribution is 5.95. The highest BCUT2D eigenvalue weighted by atomic mass is 16.6. The summed E-state index contributed by atoms with van der Waals surface area (Å²) in [5.41, 5.74) is 0.592. The van der Waals surface area contributed by atoms with E-state index in [0.717, 1.165) is 10.8 Å². The lowest BCUT2D eigenvalue weighted by Gasteiger charge is -2.06. The summed E-state index contributed by atoms with van der Waals surface area (Å²) in [7, 11) is 0. The molecule has 3 rings (SSSR count). The lowest BCUT2D eigenvalue weighted by molar-refractivity contribution is -0.384. The number of fused-ring (bicyclic) bond motifs is 1. The second kappa shape index (κ2) is 6.96. The number of nitro groups is 1. The summed E-state index contributed by atoms with van der Waals surface area (Å²) in [5.74, 6) is 0.266. The first-order chi connectivity index (χ1) is 12.1. The largest absolute Gasteiger partial charge is 0.506 e. The molecular weight excluding hydrogens is 322 g/mol. The van der Waals surface area contributed by atoms with Crippen LogP contribution in [0.2, 0.25) is 0 Å². The molecule has 0 bridgehead atoms. The fraction of sp³-hybridized carbons (Fsp3) is 0.111. The van der Waals surface area contributed by atoms with Crippen molar-refractivity contribution in [1.82, 2.24) is 0 Å². The van der Waals surface area contributed by atoms with Crippen LogP contribution in [-0.2, 0) is 0 Å². The molecule has 0 spiro atoms. The zero-order valence-corrected chi connectivity index (χ0v) is 13.4. The van der Waals surface area contributed by atoms with Gasteiger partial charge in [0.2, 0.25) is 0 Å². The number of phenolic OH excluding ortho intramolecular Hbond substituents is 1. The second-order valence-electron chi connectivity index (χ2n) is 5.20. The molecule has 0 saturated heterocycles. The topological polar surface area (TPSA) is 97.3 Å². The van der Waals surface area contributed by atoms with Crippen molar-refractivity contribution in [3.8, 4) is 11.5 Å². The first kappa shape index (κ1) is 16.4. The predicted molar refractivity (Wildman–Crippen MR) is 94.1 cm³/mol. The fourth-order valence-electron chi connectivity index (χ4n) is 2.42. The number of aromatic hydroxyl groups is 1. The van der Waals surface area contributed by atoms with Gasteiger partial charge in [0.05, 0.1) is 17.6 Å². The first-order valence-corrected chi connectivity index (χ1v) is 7.64. The van der Waals surface area contributed by atoms with Gasteiger partial charge in [-0.3, -0.25) is 10.1 Å². The molecule has 3 aromatic rings. The van der Waals surface area contributed by atoms with Crippen molar-refractivity contribution in [3.63, 3.8) is 0 Å². The number of hydrogen-bond acceptors (Lipinski definition) is 6. The van der Waals surface area contributed by atoms with Gasteiger partial charge in [-0.25, -0.2) is 0 Å². The van der Waals surface area contributed by atoms with Crippen molar-refractivity contribution in [2.24, 2.45) is 10.2 Å². The number of ether oxygens (including phenoxy) is 1. The third-order valence-corrected chi connectivity index (χ3v) is 3.59. The molecule has 0 aromatic heterocycles. The number of nitrogens with zero attached hydrogens (tertiary/aromatic N) is 3. The maximum absolute atomic E-state index is 10.9. The number of nitro benzene ring substituents is 1. The minimum absolute atomic E-state index is 0.00215. The van der Waals surface area contributed by atoms with E-state index in [9.17, 15) is 15.2 Å². The number of benzene rings is 3. The van der Waals surface area contributed by atoms with Crippen LogP contribution >= 0.6 is 0 Å². The van der Waals surface area contributed by atoms with Crippen LogP contribution in [0.25, 0.3) is 10.8 Å². The molecule has 0 amide bonds. The summed E-state index contributed by atoms with van der Waals surface area (Å²) < 4.78 is 5.41. The molecule has 0 saturated carbocycles. The van der Waals surface area contributed by atoms with Crippen LogP contribution in [-0.4, -0.2) is 16.6 Å². The summed E-state index contributed by atoms with van der Waals surface area (Å²) in [6.07, 6.45) is 0. The van der Waals surface area contributed by atoms with E-state index < -0.39 is 4.92 Å². The van der Waals surface area contributed by atoms with Gasteiger partial charge in [-0.1, -0.05) is 30.3 Å².